The van der Waals surface area contributed by atoms with Crippen molar-refractivity contribution in [2.75, 3.05) is 5.32 Å². The predicted molar refractivity (Wildman–Crippen MR) is 125 cm³/mol. The molecule has 5 nitrogen and oxygen atoms in total. The van der Waals surface area contributed by atoms with Gasteiger partial charge in [0, 0.05) is 17.1 Å². The van der Waals surface area contributed by atoms with E-state index in [2.05, 4.69) is 17.5 Å². The van der Waals surface area contributed by atoms with Gasteiger partial charge in [-0.15, -0.1) is 0 Å². The maximum absolute atomic E-state index is 13.7. The van der Waals surface area contributed by atoms with Crippen LogP contribution in [0, 0.1) is 42.4 Å². The Morgan fingerprint density at radius 2 is 1.67 bits per heavy atom. The summed E-state index contributed by atoms with van der Waals surface area (Å²) < 4.78 is 0. The molecule has 2 bridgehead atoms. The number of benzene rings is 2. The van der Waals surface area contributed by atoms with E-state index >= 15 is 0 Å². The van der Waals surface area contributed by atoms with Gasteiger partial charge in [0.05, 0.1) is 11.8 Å². The summed E-state index contributed by atoms with van der Waals surface area (Å²) in [6, 6.07) is 13.9. The number of allylic oxidation sites excluding steroid dienone is 2. The van der Waals surface area contributed by atoms with Gasteiger partial charge in [-0.25, -0.2) is 0 Å². The van der Waals surface area contributed by atoms with E-state index in [9.17, 15) is 14.4 Å². The zero-order valence-electron chi connectivity index (χ0n) is 18.3. The standard InChI is InChI=1S/C27H25ClN2O3/c1-14-7-8-16(28)12-21(14)29-25(31)22(11-15-5-3-2-4-6-15)30-26(32)23-17-9-10-18(20-13-19(17)20)24(23)27(30)33/h2-10,12,17-20,22-24H,11,13H2,1H3,(H,29,31)/t17-,18-,19-,20-,22+,23+,24+/m1/s1. The second kappa shape index (κ2) is 7.56. The highest BCUT2D eigenvalue weighted by Crippen LogP contribution is 2.65. The molecule has 1 aliphatic heterocycles. The highest BCUT2D eigenvalue weighted by Gasteiger charge is 2.67. The van der Waals surface area contributed by atoms with Crippen LogP contribution >= 0.6 is 11.6 Å². The first-order chi connectivity index (χ1) is 15.9. The number of anilines is 1. The molecular weight excluding hydrogens is 436 g/mol. The van der Waals surface area contributed by atoms with Crippen LogP contribution in [0.2, 0.25) is 5.02 Å². The molecule has 2 aromatic carbocycles. The maximum Gasteiger partial charge on any atom is 0.248 e. The van der Waals surface area contributed by atoms with Crippen molar-refractivity contribution in [1.82, 2.24) is 4.90 Å². The minimum absolute atomic E-state index is 0.127. The zero-order valence-corrected chi connectivity index (χ0v) is 19.0. The largest absolute Gasteiger partial charge is 0.324 e. The number of imide groups is 1. The predicted octanol–water partition coefficient (Wildman–Crippen LogP) is 4.25. The van der Waals surface area contributed by atoms with E-state index in [0.717, 1.165) is 17.5 Å². The number of amides is 3. The highest BCUT2D eigenvalue weighted by molar-refractivity contribution is 6.31. The quantitative estimate of drug-likeness (QED) is 0.535. The normalized spacial score (nSPS) is 31.9. The van der Waals surface area contributed by atoms with Gasteiger partial charge in [-0.05, 0) is 60.3 Å². The van der Waals surface area contributed by atoms with Gasteiger partial charge in [-0.1, -0.05) is 60.2 Å². The molecule has 0 unspecified atom stereocenters. The molecule has 1 saturated heterocycles. The summed E-state index contributed by atoms with van der Waals surface area (Å²) in [4.78, 5) is 42.3. The molecule has 0 aromatic heterocycles. The van der Waals surface area contributed by atoms with Crippen LogP contribution < -0.4 is 5.32 Å². The van der Waals surface area contributed by atoms with Crippen molar-refractivity contribution in [2.24, 2.45) is 35.5 Å². The summed E-state index contributed by atoms with van der Waals surface area (Å²) >= 11 is 6.15. The first-order valence-electron chi connectivity index (χ1n) is 11.6. The molecule has 3 fully saturated rings. The topological polar surface area (TPSA) is 66.5 Å². The van der Waals surface area contributed by atoms with Crippen molar-refractivity contribution in [3.8, 4) is 0 Å². The molecule has 33 heavy (non-hydrogen) atoms. The van der Waals surface area contributed by atoms with Crippen LogP contribution in [0.15, 0.2) is 60.7 Å². The van der Waals surface area contributed by atoms with Crippen LogP contribution in [-0.4, -0.2) is 28.7 Å². The third kappa shape index (κ3) is 3.24. The summed E-state index contributed by atoms with van der Waals surface area (Å²) in [7, 11) is 0. The molecule has 7 rings (SSSR count). The molecule has 2 saturated carbocycles. The number of rotatable bonds is 5. The Morgan fingerprint density at radius 3 is 2.30 bits per heavy atom. The van der Waals surface area contributed by atoms with Crippen molar-refractivity contribution in [1.29, 1.82) is 0 Å². The second-order valence-corrected chi connectivity index (χ2v) is 10.3. The molecule has 3 amide bonds. The molecular formula is C27H25ClN2O3. The Morgan fingerprint density at radius 1 is 1.03 bits per heavy atom. The molecule has 0 spiro atoms. The molecule has 4 aliphatic carbocycles. The molecule has 6 heteroatoms. The molecule has 5 aliphatic rings. The molecule has 1 heterocycles. The monoisotopic (exact) mass is 460 g/mol. The fourth-order valence-corrected chi connectivity index (χ4v) is 6.54. The van der Waals surface area contributed by atoms with Crippen molar-refractivity contribution in [2.45, 2.75) is 25.8 Å². The van der Waals surface area contributed by atoms with Gasteiger partial charge in [0.1, 0.15) is 6.04 Å². The number of hydrogen-bond donors (Lipinski definition) is 1. The van der Waals surface area contributed by atoms with Crippen LogP contribution in [0.3, 0.4) is 0 Å². The second-order valence-electron chi connectivity index (χ2n) is 9.86. The van der Waals surface area contributed by atoms with E-state index in [-0.39, 0.29) is 47.8 Å². The lowest BCUT2D eigenvalue weighted by Gasteiger charge is -2.37. The molecule has 1 N–H and O–H groups in total. The number of likely N-dealkylation sites (tertiary alicyclic amines) is 1. The van der Waals surface area contributed by atoms with Gasteiger partial charge < -0.3 is 5.32 Å². The van der Waals surface area contributed by atoms with E-state index in [1.165, 1.54) is 4.90 Å². The van der Waals surface area contributed by atoms with Gasteiger partial charge in [0.25, 0.3) is 0 Å². The van der Waals surface area contributed by atoms with Gasteiger partial charge in [-0.2, -0.15) is 0 Å². The minimum Gasteiger partial charge on any atom is -0.324 e. The van der Waals surface area contributed by atoms with E-state index in [1.807, 2.05) is 43.3 Å². The Kier molecular flexibility index (Phi) is 4.73. The smallest absolute Gasteiger partial charge is 0.248 e. The Labute approximate surface area is 197 Å². The van der Waals surface area contributed by atoms with Crippen molar-refractivity contribution < 1.29 is 14.4 Å². The fourth-order valence-electron chi connectivity index (χ4n) is 6.37. The lowest BCUT2D eigenvalue weighted by atomic mass is 9.63. The molecule has 168 valence electrons. The summed E-state index contributed by atoms with van der Waals surface area (Å²) in [5, 5.41) is 3.45. The number of halogens is 1. The van der Waals surface area contributed by atoms with E-state index in [0.29, 0.717) is 22.5 Å². The summed E-state index contributed by atoms with van der Waals surface area (Å²) in [6.07, 6.45) is 5.68. The minimum atomic E-state index is -0.910. The van der Waals surface area contributed by atoms with Crippen molar-refractivity contribution >= 4 is 35.0 Å². The molecule has 7 atom stereocenters. The number of nitrogens with one attached hydrogen (secondary N) is 1. The Hall–Kier alpha value is -2.92. The lowest BCUT2D eigenvalue weighted by molar-refractivity contribution is -0.146. The van der Waals surface area contributed by atoms with E-state index < -0.39 is 6.04 Å². The maximum atomic E-state index is 13.7. The van der Waals surface area contributed by atoms with Gasteiger partial charge in [0.15, 0.2) is 0 Å². The van der Waals surface area contributed by atoms with Gasteiger partial charge in [-0.3, -0.25) is 19.3 Å². The van der Waals surface area contributed by atoms with Gasteiger partial charge in [0.2, 0.25) is 17.7 Å². The summed E-state index contributed by atoms with van der Waals surface area (Å²) in [5.74, 6) is -0.0891. The van der Waals surface area contributed by atoms with Crippen LogP contribution in [0.1, 0.15) is 17.5 Å². The van der Waals surface area contributed by atoms with Crippen LogP contribution in [-0.2, 0) is 20.8 Å². The Bertz CT molecular complexity index is 1160. The van der Waals surface area contributed by atoms with E-state index in [1.54, 1.807) is 12.1 Å². The summed E-state index contributed by atoms with van der Waals surface area (Å²) in [6.45, 7) is 1.88. The van der Waals surface area contributed by atoms with Crippen molar-refractivity contribution in [3.63, 3.8) is 0 Å². The third-order valence-corrected chi connectivity index (χ3v) is 8.28. The average Bonchev–Trinajstić information content (AvgIpc) is 3.59. The molecule has 0 radical (unpaired) electrons. The number of carbonyl (C=O) groups is 3. The van der Waals surface area contributed by atoms with E-state index in [4.69, 9.17) is 11.6 Å². The number of carbonyl (C=O) groups excluding carboxylic acids is 3. The SMILES string of the molecule is Cc1ccc(Cl)cc1NC(=O)[C@H](Cc1ccccc1)N1C(=O)[C@H]2[C@@H]3C=C[C@H]([C@H]4C[C@H]34)[C@@H]2C1=O. The first kappa shape index (κ1) is 20.7. The fraction of sp³-hybridized carbons (Fsp3) is 0.370. The highest BCUT2D eigenvalue weighted by atomic mass is 35.5. The average molecular weight is 461 g/mol. The van der Waals surface area contributed by atoms with Crippen LogP contribution in [0.5, 0.6) is 0 Å². The summed E-state index contributed by atoms with van der Waals surface area (Å²) in [5.41, 5.74) is 2.35. The van der Waals surface area contributed by atoms with Crippen LogP contribution in [0.25, 0.3) is 0 Å². The van der Waals surface area contributed by atoms with Gasteiger partial charge >= 0.3 is 0 Å². The third-order valence-electron chi connectivity index (χ3n) is 8.04. The Balaban J connectivity index is 1.34. The van der Waals surface area contributed by atoms with Crippen LogP contribution in [0.4, 0.5) is 5.69 Å². The zero-order chi connectivity index (χ0) is 22.9. The first-order valence-corrected chi connectivity index (χ1v) is 12.0. The lowest BCUT2D eigenvalue weighted by Crippen LogP contribution is -2.49. The molecule has 2 aromatic rings. The van der Waals surface area contributed by atoms with Crippen molar-refractivity contribution in [3.05, 3.63) is 76.8 Å². The number of aryl methyl sites for hydroxylation is 1. The number of nitrogens with zero attached hydrogens (tertiary/aromatic N) is 1. The number of hydrogen-bond acceptors (Lipinski definition) is 3.